The summed E-state index contributed by atoms with van der Waals surface area (Å²) in [5.74, 6) is -1.87. The van der Waals surface area contributed by atoms with Crippen LogP contribution >= 0.6 is 0 Å². The van der Waals surface area contributed by atoms with E-state index in [2.05, 4.69) is 13.0 Å². The van der Waals surface area contributed by atoms with Gasteiger partial charge >= 0.3 is 11.9 Å². The van der Waals surface area contributed by atoms with Crippen LogP contribution in [-0.2, 0) is 23.8 Å². The molecule has 33 heavy (non-hydrogen) atoms. The molecule has 1 saturated heterocycles. The molecule has 8 unspecified atom stereocenters. The van der Waals surface area contributed by atoms with E-state index in [1.165, 1.54) is 0 Å². The topological polar surface area (TPSA) is 102 Å². The molecular weight excluding hydrogens is 424 g/mol. The molecule has 0 radical (unpaired) electrons. The van der Waals surface area contributed by atoms with Crippen LogP contribution in [0.15, 0.2) is 23.8 Å². The number of fused-ring (bicyclic) bond motifs is 1. The van der Waals surface area contributed by atoms with Crippen molar-refractivity contribution in [2.75, 3.05) is 0 Å². The number of aliphatic carboxylic acids is 1. The molecule has 0 amide bonds. The van der Waals surface area contributed by atoms with Crippen LogP contribution in [0.1, 0.15) is 73.1 Å². The van der Waals surface area contributed by atoms with Gasteiger partial charge in [0.15, 0.2) is 5.79 Å². The van der Waals surface area contributed by atoms with E-state index in [1.54, 1.807) is 0 Å². The van der Waals surface area contributed by atoms with Crippen molar-refractivity contribution in [1.29, 1.82) is 0 Å². The lowest BCUT2D eigenvalue weighted by atomic mass is 9.65. The van der Waals surface area contributed by atoms with Crippen LogP contribution in [0, 0.1) is 23.7 Å². The van der Waals surface area contributed by atoms with Gasteiger partial charge in [-0.15, -0.1) is 0 Å². The SMILES string of the molecule is CCC(C)C(=O)OC1CC=CC2=CC(O)C(C)C(CCC3CC(CC(=O)O)OC(C)(C)O3)C21. The Kier molecular flexibility index (Phi) is 8.40. The Labute approximate surface area is 197 Å². The molecule has 3 rings (SSSR count). The van der Waals surface area contributed by atoms with Gasteiger partial charge in [0.05, 0.1) is 30.7 Å². The highest BCUT2D eigenvalue weighted by molar-refractivity contribution is 5.72. The molecule has 0 bridgehead atoms. The van der Waals surface area contributed by atoms with Crippen LogP contribution in [0.4, 0.5) is 0 Å². The lowest BCUT2D eigenvalue weighted by Gasteiger charge is -2.45. The Morgan fingerprint density at radius 2 is 1.94 bits per heavy atom. The number of ether oxygens (including phenoxy) is 3. The second kappa shape index (κ2) is 10.7. The van der Waals surface area contributed by atoms with Crippen molar-refractivity contribution in [3.05, 3.63) is 23.8 Å². The van der Waals surface area contributed by atoms with Crippen LogP contribution in [0.3, 0.4) is 0 Å². The number of hydrogen-bond donors (Lipinski definition) is 2. The molecular formula is C26H40O7. The Balaban J connectivity index is 1.74. The number of aliphatic hydroxyl groups excluding tert-OH is 1. The number of allylic oxidation sites excluding steroid dienone is 1. The zero-order valence-electron chi connectivity index (χ0n) is 20.5. The third kappa shape index (κ3) is 6.46. The maximum Gasteiger partial charge on any atom is 0.308 e. The van der Waals surface area contributed by atoms with Gasteiger partial charge in [-0.2, -0.15) is 0 Å². The van der Waals surface area contributed by atoms with Gasteiger partial charge in [-0.25, -0.2) is 0 Å². The fourth-order valence-corrected chi connectivity index (χ4v) is 5.52. The van der Waals surface area contributed by atoms with E-state index in [4.69, 9.17) is 14.2 Å². The average Bonchev–Trinajstić information content (AvgIpc) is 2.72. The average molecular weight is 465 g/mol. The molecule has 0 aromatic rings. The Morgan fingerprint density at radius 1 is 1.24 bits per heavy atom. The normalized spacial score (nSPS) is 36.4. The van der Waals surface area contributed by atoms with Gasteiger partial charge in [0, 0.05) is 18.8 Å². The van der Waals surface area contributed by atoms with Crippen LogP contribution < -0.4 is 0 Å². The first kappa shape index (κ1) is 25.9. The smallest absolute Gasteiger partial charge is 0.308 e. The summed E-state index contributed by atoms with van der Waals surface area (Å²) in [6.07, 6.45) is 8.07. The second-order valence-corrected chi connectivity index (χ2v) is 10.4. The summed E-state index contributed by atoms with van der Waals surface area (Å²) in [6.45, 7) is 9.56. The predicted octanol–water partition coefficient (Wildman–Crippen LogP) is 4.24. The lowest BCUT2D eigenvalue weighted by molar-refractivity contribution is -0.301. The first-order valence-electron chi connectivity index (χ1n) is 12.3. The fourth-order valence-electron chi connectivity index (χ4n) is 5.52. The summed E-state index contributed by atoms with van der Waals surface area (Å²) in [7, 11) is 0. The zero-order valence-corrected chi connectivity index (χ0v) is 20.5. The van der Waals surface area contributed by atoms with Gasteiger partial charge in [0.1, 0.15) is 6.10 Å². The van der Waals surface area contributed by atoms with Gasteiger partial charge in [-0.1, -0.05) is 39.0 Å². The Hall–Kier alpha value is -1.70. The second-order valence-electron chi connectivity index (χ2n) is 10.4. The monoisotopic (exact) mass is 464 g/mol. The molecule has 3 aliphatic rings. The largest absolute Gasteiger partial charge is 0.481 e. The number of carbonyl (C=O) groups is 2. The van der Waals surface area contributed by atoms with Crippen LogP contribution in [0.25, 0.3) is 0 Å². The fraction of sp³-hybridized carbons (Fsp3) is 0.769. The highest BCUT2D eigenvalue weighted by Crippen LogP contribution is 2.45. The molecule has 0 aromatic carbocycles. The van der Waals surface area contributed by atoms with Gasteiger partial charge in [-0.3, -0.25) is 9.59 Å². The van der Waals surface area contributed by atoms with Crippen LogP contribution in [-0.4, -0.2) is 52.4 Å². The van der Waals surface area contributed by atoms with E-state index in [9.17, 15) is 19.8 Å². The van der Waals surface area contributed by atoms with E-state index in [-0.39, 0.29) is 54.4 Å². The summed E-state index contributed by atoms with van der Waals surface area (Å²) in [4.78, 5) is 23.8. The van der Waals surface area contributed by atoms with Gasteiger partial charge in [-0.05, 0) is 50.5 Å². The number of aliphatic hydroxyl groups is 1. The molecule has 186 valence electrons. The van der Waals surface area contributed by atoms with Crippen LogP contribution in [0.2, 0.25) is 0 Å². The first-order chi connectivity index (χ1) is 15.5. The molecule has 7 nitrogen and oxygen atoms in total. The summed E-state index contributed by atoms with van der Waals surface area (Å²) < 4.78 is 17.9. The predicted molar refractivity (Wildman–Crippen MR) is 123 cm³/mol. The first-order valence-corrected chi connectivity index (χ1v) is 12.3. The van der Waals surface area contributed by atoms with Gasteiger partial charge < -0.3 is 24.4 Å². The van der Waals surface area contributed by atoms with Crippen molar-refractivity contribution in [2.45, 2.75) is 103 Å². The van der Waals surface area contributed by atoms with Gasteiger partial charge in [0.2, 0.25) is 0 Å². The minimum atomic E-state index is -0.879. The molecule has 0 aromatic heterocycles. The third-order valence-corrected chi connectivity index (χ3v) is 7.44. The molecule has 2 N–H and O–H groups in total. The molecule has 0 spiro atoms. The molecule has 0 saturated carbocycles. The summed E-state index contributed by atoms with van der Waals surface area (Å²) in [6, 6.07) is 0. The minimum Gasteiger partial charge on any atom is -0.481 e. The van der Waals surface area contributed by atoms with Gasteiger partial charge in [0.25, 0.3) is 0 Å². The number of esters is 1. The molecule has 1 heterocycles. The molecule has 8 atom stereocenters. The minimum absolute atomic E-state index is 0.0118. The van der Waals surface area contributed by atoms with E-state index >= 15 is 0 Å². The van der Waals surface area contributed by atoms with Crippen molar-refractivity contribution < 1.29 is 34.0 Å². The highest BCUT2D eigenvalue weighted by atomic mass is 16.7. The van der Waals surface area contributed by atoms with Crippen LogP contribution in [0.5, 0.6) is 0 Å². The number of hydrogen-bond acceptors (Lipinski definition) is 6. The number of carbonyl (C=O) groups excluding carboxylic acids is 1. The van der Waals surface area contributed by atoms with Crippen molar-refractivity contribution in [1.82, 2.24) is 0 Å². The van der Waals surface area contributed by atoms with E-state index in [0.717, 1.165) is 24.8 Å². The highest BCUT2D eigenvalue weighted by Gasteiger charge is 2.44. The van der Waals surface area contributed by atoms with E-state index in [1.807, 2.05) is 39.8 Å². The van der Waals surface area contributed by atoms with Crippen molar-refractivity contribution in [2.24, 2.45) is 23.7 Å². The Bertz CT molecular complexity index is 771. The molecule has 1 fully saturated rings. The van der Waals surface area contributed by atoms with E-state index in [0.29, 0.717) is 12.8 Å². The number of carboxylic acid groups (broad SMARTS) is 1. The quantitative estimate of drug-likeness (QED) is 0.518. The summed E-state index contributed by atoms with van der Waals surface area (Å²) >= 11 is 0. The maximum atomic E-state index is 12.6. The summed E-state index contributed by atoms with van der Waals surface area (Å²) in [5, 5.41) is 19.9. The summed E-state index contributed by atoms with van der Waals surface area (Å²) in [5.41, 5.74) is 1.04. The lowest BCUT2D eigenvalue weighted by Crippen LogP contribution is -2.46. The molecule has 1 aliphatic heterocycles. The zero-order chi connectivity index (χ0) is 24.3. The Morgan fingerprint density at radius 3 is 2.61 bits per heavy atom. The molecule has 2 aliphatic carbocycles. The van der Waals surface area contributed by atoms with Crippen molar-refractivity contribution in [3.8, 4) is 0 Å². The maximum absolute atomic E-state index is 12.6. The standard InChI is InChI=1S/C26H40O7/c1-6-15(2)25(30)31-22-9-7-8-17-12-21(27)16(3)20(24(17)22)11-10-18-13-19(14-23(28)29)33-26(4,5)32-18/h7-8,12,15-16,18-22,24,27H,6,9-11,13-14H2,1-5H3,(H,28,29). The van der Waals surface area contributed by atoms with E-state index < -0.39 is 17.9 Å². The van der Waals surface area contributed by atoms with Crippen molar-refractivity contribution >= 4 is 11.9 Å². The third-order valence-electron chi connectivity index (χ3n) is 7.44. The number of carboxylic acids is 1. The number of rotatable bonds is 8. The molecule has 7 heteroatoms. The van der Waals surface area contributed by atoms with Crippen molar-refractivity contribution in [3.63, 3.8) is 0 Å².